The summed E-state index contributed by atoms with van der Waals surface area (Å²) in [6.45, 7) is 6.36. The van der Waals surface area contributed by atoms with Crippen LogP contribution in [0.1, 0.15) is 5.56 Å². The lowest BCUT2D eigenvalue weighted by Crippen LogP contribution is -2.49. The molecule has 0 atom stereocenters. The van der Waals surface area contributed by atoms with Gasteiger partial charge in [-0.15, -0.1) is 0 Å². The van der Waals surface area contributed by atoms with Crippen LogP contribution in [0.4, 0.5) is 5.95 Å². The first kappa shape index (κ1) is 19.4. The Morgan fingerprint density at radius 2 is 1.81 bits per heavy atom. The molecule has 0 spiro atoms. The van der Waals surface area contributed by atoms with Crippen LogP contribution < -0.4 is 15.5 Å². The van der Waals surface area contributed by atoms with E-state index < -0.39 is 0 Å². The summed E-state index contributed by atoms with van der Waals surface area (Å²) in [6.07, 6.45) is 3.58. The zero-order valence-electron chi connectivity index (χ0n) is 15.6. The van der Waals surface area contributed by atoms with Gasteiger partial charge >= 0.3 is 0 Å². The third kappa shape index (κ3) is 5.80. The molecule has 1 aromatic heterocycles. The molecule has 2 heterocycles. The minimum absolute atomic E-state index is 0.648. The van der Waals surface area contributed by atoms with Gasteiger partial charge in [-0.1, -0.05) is 29.8 Å². The zero-order valence-corrected chi connectivity index (χ0v) is 16.4. The summed E-state index contributed by atoms with van der Waals surface area (Å²) in [5, 5.41) is 7.43. The van der Waals surface area contributed by atoms with E-state index in [1.165, 1.54) is 0 Å². The van der Waals surface area contributed by atoms with Gasteiger partial charge in [-0.05, 0) is 17.7 Å². The molecule has 0 bridgehead atoms. The number of aliphatic imine (C=N–C) groups is 1. The van der Waals surface area contributed by atoms with Crippen molar-refractivity contribution in [1.82, 2.24) is 25.5 Å². The maximum Gasteiger partial charge on any atom is 0.225 e. The lowest BCUT2D eigenvalue weighted by molar-refractivity contribution is 0.260. The van der Waals surface area contributed by atoms with E-state index in [4.69, 9.17) is 11.6 Å². The van der Waals surface area contributed by atoms with Gasteiger partial charge in [0.15, 0.2) is 5.96 Å². The second-order valence-electron chi connectivity index (χ2n) is 6.32. The monoisotopic (exact) mass is 387 g/mol. The molecule has 0 amide bonds. The molecule has 8 heteroatoms. The second-order valence-corrected chi connectivity index (χ2v) is 6.73. The van der Waals surface area contributed by atoms with Crippen LogP contribution >= 0.6 is 11.6 Å². The first-order valence-electron chi connectivity index (χ1n) is 9.18. The summed E-state index contributed by atoms with van der Waals surface area (Å²) in [5.41, 5.74) is 1.06. The van der Waals surface area contributed by atoms with Crippen molar-refractivity contribution < 1.29 is 0 Å². The normalized spacial score (nSPS) is 15.6. The Bertz CT molecular complexity index is 730. The van der Waals surface area contributed by atoms with Crippen molar-refractivity contribution >= 4 is 23.5 Å². The average Bonchev–Trinajstić information content (AvgIpc) is 2.73. The minimum Gasteiger partial charge on any atom is -0.355 e. The van der Waals surface area contributed by atoms with Crippen LogP contribution in [-0.4, -0.2) is 67.1 Å². The maximum atomic E-state index is 6.19. The molecule has 0 aliphatic carbocycles. The Morgan fingerprint density at radius 3 is 2.52 bits per heavy atom. The summed E-state index contributed by atoms with van der Waals surface area (Å²) in [5.74, 6) is 1.60. The summed E-state index contributed by atoms with van der Waals surface area (Å²) in [4.78, 5) is 17.6. The Kier molecular flexibility index (Phi) is 7.24. The minimum atomic E-state index is 0.648. The number of aromatic nitrogens is 2. The Morgan fingerprint density at radius 1 is 1.07 bits per heavy atom. The highest BCUT2D eigenvalue weighted by Crippen LogP contribution is 2.14. The fraction of sp³-hybridized carbons (Fsp3) is 0.421. The standard InChI is InChI=1S/C19H26ClN7/c1-21-18(25-15-16-5-2-3-6-17(16)20)22-9-10-26-11-13-27(14-12-26)19-23-7-4-8-24-19/h2-8H,9-15H2,1H3,(H2,21,22,25). The third-order valence-corrected chi connectivity index (χ3v) is 4.92. The molecule has 144 valence electrons. The van der Waals surface area contributed by atoms with E-state index in [9.17, 15) is 0 Å². The highest BCUT2D eigenvalue weighted by molar-refractivity contribution is 6.31. The summed E-state index contributed by atoms with van der Waals surface area (Å²) >= 11 is 6.19. The predicted molar refractivity (Wildman–Crippen MR) is 110 cm³/mol. The van der Waals surface area contributed by atoms with Gasteiger partial charge in [0.25, 0.3) is 0 Å². The molecule has 1 fully saturated rings. The van der Waals surface area contributed by atoms with Crippen molar-refractivity contribution in [1.29, 1.82) is 0 Å². The highest BCUT2D eigenvalue weighted by atomic mass is 35.5. The van der Waals surface area contributed by atoms with Gasteiger partial charge in [0.1, 0.15) is 0 Å². The van der Waals surface area contributed by atoms with E-state index in [1.54, 1.807) is 19.4 Å². The molecule has 1 aliphatic rings. The molecule has 2 aromatic rings. The number of benzene rings is 1. The van der Waals surface area contributed by atoms with Crippen molar-refractivity contribution in [3.05, 3.63) is 53.3 Å². The SMILES string of the molecule is CN=C(NCCN1CCN(c2ncccn2)CC1)NCc1ccccc1Cl. The van der Waals surface area contributed by atoms with Crippen LogP contribution in [0.2, 0.25) is 5.02 Å². The van der Waals surface area contributed by atoms with E-state index in [-0.39, 0.29) is 0 Å². The van der Waals surface area contributed by atoms with E-state index in [1.807, 2.05) is 30.3 Å². The Hall–Kier alpha value is -2.38. The van der Waals surface area contributed by atoms with E-state index in [2.05, 4.69) is 35.4 Å². The fourth-order valence-corrected chi connectivity index (χ4v) is 3.20. The molecular formula is C19H26ClN7. The number of piperazine rings is 1. The quantitative estimate of drug-likeness (QED) is 0.580. The molecule has 3 rings (SSSR count). The van der Waals surface area contributed by atoms with Gasteiger partial charge < -0.3 is 15.5 Å². The number of nitrogens with zero attached hydrogens (tertiary/aromatic N) is 5. The summed E-state index contributed by atoms with van der Waals surface area (Å²) in [6, 6.07) is 9.67. The number of rotatable bonds is 6. The van der Waals surface area contributed by atoms with Gasteiger partial charge in [-0.25, -0.2) is 9.97 Å². The lowest BCUT2D eigenvalue weighted by Gasteiger charge is -2.34. The summed E-state index contributed by atoms with van der Waals surface area (Å²) in [7, 11) is 1.78. The van der Waals surface area contributed by atoms with Crippen LogP contribution in [0.3, 0.4) is 0 Å². The molecule has 1 aliphatic heterocycles. The Labute approximate surface area is 165 Å². The number of hydrogen-bond donors (Lipinski definition) is 2. The van der Waals surface area contributed by atoms with E-state index in [0.717, 1.165) is 61.8 Å². The highest BCUT2D eigenvalue weighted by Gasteiger charge is 2.18. The van der Waals surface area contributed by atoms with Gasteiger partial charge in [0.05, 0.1) is 0 Å². The van der Waals surface area contributed by atoms with Crippen LogP contribution in [0.5, 0.6) is 0 Å². The van der Waals surface area contributed by atoms with Crippen LogP contribution in [0.25, 0.3) is 0 Å². The molecule has 7 nitrogen and oxygen atoms in total. The molecule has 1 aromatic carbocycles. The molecule has 1 saturated heterocycles. The number of anilines is 1. The van der Waals surface area contributed by atoms with E-state index >= 15 is 0 Å². The largest absolute Gasteiger partial charge is 0.355 e. The second kappa shape index (κ2) is 10.1. The van der Waals surface area contributed by atoms with Crippen molar-refractivity contribution in [2.24, 2.45) is 4.99 Å². The number of guanidine groups is 1. The van der Waals surface area contributed by atoms with Crippen molar-refractivity contribution in [2.45, 2.75) is 6.54 Å². The topological polar surface area (TPSA) is 68.7 Å². The lowest BCUT2D eigenvalue weighted by atomic mass is 10.2. The predicted octanol–water partition coefficient (Wildman–Crippen LogP) is 1.62. The molecule has 27 heavy (non-hydrogen) atoms. The van der Waals surface area contributed by atoms with Crippen molar-refractivity contribution in [2.75, 3.05) is 51.2 Å². The number of halogens is 1. The van der Waals surface area contributed by atoms with Gasteiger partial charge in [-0.2, -0.15) is 0 Å². The van der Waals surface area contributed by atoms with Gasteiger partial charge in [0, 0.05) is 70.3 Å². The molecule has 0 radical (unpaired) electrons. The summed E-state index contributed by atoms with van der Waals surface area (Å²) < 4.78 is 0. The number of nitrogens with one attached hydrogen (secondary N) is 2. The first-order valence-corrected chi connectivity index (χ1v) is 9.56. The molecule has 0 unspecified atom stereocenters. The third-order valence-electron chi connectivity index (χ3n) is 4.56. The van der Waals surface area contributed by atoms with E-state index in [0.29, 0.717) is 6.54 Å². The maximum absolute atomic E-state index is 6.19. The molecule has 2 N–H and O–H groups in total. The average molecular weight is 388 g/mol. The Balaban J connectivity index is 1.36. The van der Waals surface area contributed by atoms with Crippen molar-refractivity contribution in [3.63, 3.8) is 0 Å². The van der Waals surface area contributed by atoms with Gasteiger partial charge in [0.2, 0.25) is 5.95 Å². The smallest absolute Gasteiger partial charge is 0.225 e. The number of hydrogen-bond acceptors (Lipinski definition) is 5. The van der Waals surface area contributed by atoms with Crippen LogP contribution in [0.15, 0.2) is 47.7 Å². The molecular weight excluding hydrogens is 362 g/mol. The fourth-order valence-electron chi connectivity index (χ4n) is 3.00. The first-order chi connectivity index (χ1) is 13.3. The van der Waals surface area contributed by atoms with Crippen LogP contribution in [-0.2, 0) is 6.54 Å². The van der Waals surface area contributed by atoms with Gasteiger partial charge in [-0.3, -0.25) is 9.89 Å². The molecule has 0 saturated carbocycles. The zero-order chi connectivity index (χ0) is 18.9. The van der Waals surface area contributed by atoms with Crippen molar-refractivity contribution in [3.8, 4) is 0 Å². The van der Waals surface area contributed by atoms with Crippen LogP contribution in [0, 0.1) is 0 Å².